The molecule has 0 amide bonds. The Morgan fingerprint density at radius 3 is 1.36 bits per heavy atom. The largest absolute Gasteiger partial charge is 0.308 e. The zero-order chi connectivity index (χ0) is 49.4. The second-order valence-electron chi connectivity index (χ2n) is 19.1. The molecule has 11 aromatic carbocycles. The van der Waals surface area contributed by atoms with Crippen molar-refractivity contribution in [1.82, 2.24) is 24.1 Å². The lowest BCUT2D eigenvalue weighted by atomic mass is 9.99. The van der Waals surface area contributed by atoms with Crippen LogP contribution in [0.1, 0.15) is 0 Å². The lowest BCUT2D eigenvalue weighted by molar-refractivity contribution is 1.07. The third-order valence-corrected chi connectivity index (χ3v) is 16.0. The molecule has 0 saturated heterocycles. The van der Waals surface area contributed by atoms with Crippen LogP contribution in [0.3, 0.4) is 0 Å². The molecule has 4 heterocycles. The highest BCUT2D eigenvalue weighted by Crippen LogP contribution is 2.48. The second kappa shape index (κ2) is 17.5. The van der Waals surface area contributed by atoms with Gasteiger partial charge in [0.2, 0.25) is 0 Å². The van der Waals surface area contributed by atoms with E-state index in [0.717, 1.165) is 61.4 Å². The van der Waals surface area contributed by atoms with Gasteiger partial charge in [0.05, 0.1) is 37.2 Å². The van der Waals surface area contributed by atoms with Crippen molar-refractivity contribution < 1.29 is 0 Å². The fourth-order valence-electron chi connectivity index (χ4n) is 11.4. The highest BCUT2D eigenvalue weighted by Gasteiger charge is 2.24. The molecule has 350 valence electrons. The molecule has 0 unspecified atom stereocenters. The van der Waals surface area contributed by atoms with Crippen molar-refractivity contribution in [3.8, 4) is 78.9 Å². The molecule has 5 nitrogen and oxygen atoms in total. The molecule has 15 aromatic rings. The fourth-order valence-corrected chi connectivity index (χ4v) is 12.7. The third-order valence-electron chi connectivity index (χ3n) is 14.8. The number of fused-ring (bicyclic) bond motifs is 11. The molecule has 6 heteroatoms. The molecule has 0 bridgehead atoms. The maximum Gasteiger partial charge on any atom is 0.166 e. The number of nitrogens with zero attached hydrogens (tertiary/aromatic N) is 5. The molecule has 0 fully saturated rings. The summed E-state index contributed by atoms with van der Waals surface area (Å²) in [5.74, 6) is 1.81. The van der Waals surface area contributed by atoms with Crippen LogP contribution in [0.4, 0.5) is 0 Å². The standard InChI is InChI=1S/C69H43N5S/c1-4-19-44(20-5-1)46-35-37-50(38-36-46)73-60-32-15-12-28-52(60)54-39-41-56-57-42-40-55-53-29-13-16-33-61(53)74(64(55)66(57)75-65(56)63(54)73)62-34-17-14-31-59(62)69-71-67(49-26-18-25-48(43-49)45-21-6-2-7-22-45)70-68(72-69)58-30-11-10-27-51(58)47-23-8-3-9-24-47/h1-43H. The van der Waals surface area contributed by atoms with Crippen molar-refractivity contribution in [2.45, 2.75) is 0 Å². The first-order valence-corrected chi connectivity index (χ1v) is 26.2. The van der Waals surface area contributed by atoms with Gasteiger partial charge in [-0.05, 0) is 75.8 Å². The van der Waals surface area contributed by atoms with Crippen LogP contribution in [0.5, 0.6) is 0 Å². The number of thiophene rings is 1. The van der Waals surface area contributed by atoms with Crippen molar-refractivity contribution >= 4 is 75.1 Å². The van der Waals surface area contributed by atoms with Crippen LogP contribution in [0, 0.1) is 0 Å². The first kappa shape index (κ1) is 42.9. The van der Waals surface area contributed by atoms with Crippen LogP contribution in [-0.2, 0) is 0 Å². The Labute approximate surface area is 436 Å². The van der Waals surface area contributed by atoms with Crippen molar-refractivity contribution in [3.05, 3.63) is 261 Å². The summed E-state index contributed by atoms with van der Waals surface area (Å²) in [4.78, 5) is 16.3. The summed E-state index contributed by atoms with van der Waals surface area (Å²) in [7, 11) is 0. The Balaban J connectivity index is 0.977. The number of hydrogen-bond acceptors (Lipinski definition) is 4. The predicted octanol–water partition coefficient (Wildman–Crippen LogP) is 18.4. The Morgan fingerprint density at radius 2 is 0.707 bits per heavy atom. The van der Waals surface area contributed by atoms with E-state index in [1.54, 1.807) is 0 Å². The minimum Gasteiger partial charge on any atom is -0.308 e. The maximum absolute atomic E-state index is 5.47. The maximum atomic E-state index is 5.47. The van der Waals surface area contributed by atoms with E-state index in [9.17, 15) is 0 Å². The normalized spacial score (nSPS) is 11.7. The first-order valence-electron chi connectivity index (χ1n) is 25.3. The van der Waals surface area contributed by atoms with E-state index in [4.69, 9.17) is 15.0 Å². The average Bonchev–Trinajstić information content (AvgIpc) is 4.27. The molecule has 0 spiro atoms. The molecule has 0 radical (unpaired) electrons. The van der Waals surface area contributed by atoms with E-state index in [2.05, 4.69) is 264 Å². The quantitative estimate of drug-likeness (QED) is 0.152. The Hall–Kier alpha value is -9.75. The van der Waals surface area contributed by atoms with Gasteiger partial charge in [0.15, 0.2) is 17.5 Å². The smallest absolute Gasteiger partial charge is 0.166 e. The zero-order valence-corrected chi connectivity index (χ0v) is 41.3. The average molecular weight is 974 g/mol. The molecule has 15 rings (SSSR count). The summed E-state index contributed by atoms with van der Waals surface area (Å²) < 4.78 is 7.42. The van der Waals surface area contributed by atoms with Gasteiger partial charge >= 0.3 is 0 Å². The Morgan fingerprint density at radius 1 is 0.267 bits per heavy atom. The summed E-state index contributed by atoms with van der Waals surface area (Å²) in [5, 5.41) is 7.32. The number of para-hydroxylation sites is 3. The van der Waals surface area contributed by atoms with E-state index >= 15 is 0 Å². The van der Waals surface area contributed by atoms with Crippen LogP contribution in [0.2, 0.25) is 0 Å². The minimum absolute atomic E-state index is 0.595. The molecule has 75 heavy (non-hydrogen) atoms. The van der Waals surface area contributed by atoms with Gasteiger partial charge < -0.3 is 9.13 Å². The van der Waals surface area contributed by atoms with E-state index < -0.39 is 0 Å². The number of rotatable bonds is 8. The van der Waals surface area contributed by atoms with Crippen LogP contribution in [0.25, 0.3) is 143 Å². The van der Waals surface area contributed by atoms with E-state index in [-0.39, 0.29) is 0 Å². The van der Waals surface area contributed by atoms with E-state index in [1.165, 1.54) is 63.9 Å². The summed E-state index contributed by atoms with van der Waals surface area (Å²) >= 11 is 1.89. The van der Waals surface area contributed by atoms with Crippen molar-refractivity contribution in [2.24, 2.45) is 0 Å². The van der Waals surface area contributed by atoms with Crippen LogP contribution in [0.15, 0.2) is 261 Å². The van der Waals surface area contributed by atoms with Gasteiger partial charge in [0.1, 0.15) is 0 Å². The first-order chi connectivity index (χ1) is 37.2. The van der Waals surface area contributed by atoms with Crippen LogP contribution < -0.4 is 0 Å². The summed E-state index contributed by atoms with van der Waals surface area (Å²) in [6, 6.07) is 93.2. The fraction of sp³-hybridized carbons (Fsp3) is 0. The highest BCUT2D eigenvalue weighted by atomic mass is 32.1. The Bertz CT molecular complexity index is 4690. The highest BCUT2D eigenvalue weighted by molar-refractivity contribution is 7.27. The van der Waals surface area contributed by atoms with E-state index in [1.807, 2.05) is 17.4 Å². The van der Waals surface area contributed by atoms with Gasteiger partial charge in [-0.25, -0.2) is 15.0 Å². The van der Waals surface area contributed by atoms with Gasteiger partial charge in [0.25, 0.3) is 0 Å². The van der Waals surface area contributed by atoms with Gasteiger partial charge in [-0.2, -0.15) is 0 Å². The SMILES string of the molecule is c1ccc(-c2ccc(-n3c4ccccc4c4ccc5c6ccc7c8ccccc8n(-c8ccccc8-c8nc(-c9cccc(-c%10ccccc%10)c9)nc(-c9ccccc9-c9ccccc9)n8)c7c6sc5c43)cc2)cc1. The number of benzene rings is 11. The topological polar surface area (TPSA) is 48.5 Å². The van der Waals surface area contributed by atoms with Gasteiger partial charge in [-0.15, -0.1) is 11.3 Å². The molecule has 0 N–H and O–H groups in total. The molecular weight excluding hydrogens is 931 g/mol. The predicted molar refractivity (Wildman–Crippen MR) is 314 cm³/mol. The molecule has 4 aromatic heterocycles. The van der Waals surface area contributed by atoms with Crippen molar-refractivity contribution in [2.75, 3.05) is 0 Å². The second-order valence-corrected chi connectivity index (χ2v) is 20.1. The van der Waals surface area contributed by atoms with Crippen LogP contribution >= 0.6 is 11.3 Å². The lowest BCUT2D eigenvalue weighted by Gasteiger charge is -2.16. The van der Waals surface area contributed by atoms with Crippen LogP contribution in [-0.4, -0.2) is 24.1 Å². The number of hydrogen-bond donors (Lipinski definition) is 0. The third kappa shape index (κ3) is 7.03. The molecule has 0 atom stereocenters. The van der Waals surface area contributed by atoms with E-state index in [0.29, 0.717) is 17.5 Å². The molecule has 0 saturated carbocycles. The summed E-state index contributed by atoms with van der Waals surface area (Å²) in [6.07, 6.45) is 0. The molecule has 0 aliphatic rings. The summed E-state index contributed by atoms with van der Waals surface area (Å²) in [6.45, 7) is 0. The molecule has 0 aliphatic heterocycles. The van der Waals surface area contributed by atoms with Gasteiger partial charge in [-0.3, -0.25) is 0 Å². The minimum atomic E-state index is 0.595. The van der Waals surface area contributed by atoms with Gasteiger partial charge in [-0.1, -0.05) is 218 Å². The number of aromatic nitrogens is 5. The monoisotopic (exact) mass is 973 g/mol. The molecular formula is C69H43N5S. The summed E-state index contributed by atoms with van der Waals surface area (Å²) in [5.41, 5.74) is 16.3. The lowest BCUT2D eigenvalue weighted by Crippen LogP contribution is -2.04. The van der Waals surface area contributed by atoms with Crippen molar-refractivity contribution in [3.63, 3.8) is 0 Å². The molecule has 0 aliphatic carbocycles. The van der Waals surface area contributed by atoms with Crippen molar-refractivity contribution in [1.29, 1.82) is 0 Å². The zero-order valence-electron chi connectivity index (χ0n) is 40.5. The van der Waals surface area contributed by atoms with Gasteiger partial charge in [0, 0.05) is 54.7 Å². The Kier molecular flexibility index (Phi) is 10.00.